The predicted molar refractivity (Wildman–Crippen MR) is 43.6 cm³/mol. The first kappa shape index (κ1) is 5.72. The lowest BCUT2D eigenvalue weighted by molar-refractivity contribution is 0.814. The molecular formula is C10H10. The summed E-state index contributed by atoms with van der Waals surface area (Å²) in [6.07, 6.45) is 16.4. The van der Waals surface area contributed by atoms with Crippen molar-refractivity contribution < 1.29 is 0 Å². The molecule has 0 radical (unpaired) electrons. The number of allylic oxidation sites excluding steroid dienone is 8. The smallest absolute Gasteiger partial charge is 0.00557 e. The summed E-state index contributed by atoms with van der Waals surface area (Å²) in [4.78, 5) is 0. The van der Waals surface area contributed by atoms with Gasteiger partial charge in [0.2, 0.25) is 0 Å². The van der Waals surface area contributed by atoms with E-state index in [-0.39, 0.29) is 0 Å². The Bertz CT molecular complexity index is 237. The summed E-state index contributed by atoms with van der Waals surface area (Å²) >= 11 is 0. The summed E-state index contributed by atoms with van der Waals surface area (Å²) in [5.74, 6) is 0.662. The van der Waals surface area contributed by atoms with Crippen LogP contribution >= 0.6 is 0 Å². The molecule has 0 aromatic heterocycles. The van der Waals surface area contributed by atoms with Crippen LogP contribution in [0.2, 0.25) is 0 Å². The Morgan fingerprint density at radius 2 is 2.20 bits per heavy atom. The zero-order chi connectivity index (χ0) is 6.81. The summed E-state index contributed by atoms with van der Waals surface area (Å²) < 4.78 is 0. The number of hydrogen-bond donors (Lipinski definition) is 0. The second-order valence-electron chi connectivity index (χ2n) is 2.68. The van der Waals surface area contributed by atoms with E-state index in [0.717, 1.165) is 6.42 Å². The molecule has 1 unspecified atom stereocenters. The Hall–Kier alpha value is -1.04. The SMILES string of the molecule is C1=CCC2C=CC=C2C=C1. The van der Waals surface area contributed by atoms with Gasteiger partial charge in [-0.2, -0.15) is 0 Å². The van der Waals surface area contributed by atoms with E-state index >= 15 is 0 Å². The van der Waals surface area contributed by atoms with Crippen molar-refractivity contribution in [1.29, 1.82) is 0 Å². The number of hydrogen-bond acceptors (Lipinski definition) is 0. The van der Waals surface area contributed by atoms with E-state index in [0.29, 0.717) is 5.92 Å². The molecule has 0 heteroatoms. The van der Waals surface area contributed by atoms with Crippen LogP contribution in [-0.4, -0.2) is 0 Å². The van der Waals surface area contributed by atoms with Gasteiger partial charge in [0.05, 0.1) is 0 Å². The first-order chi connectivity index (χ1) is 4.97. The Morgan fingerprint density at radius 1 is 1.20 bits per heavy atom. The zero-order valence-corrected chi connectivity index (χ0v) is 5.83. The molecule has 0 bridgehead atoms. The van der Waals surface area contributed by atoms with Crippen molar-refractivity contribution in [3.8, 4) is 0 Å². The normalized spacial score (nSPS) is 28.0. The van der Waals surface area contributed by atoms with E-state index in [4.69, 9.17) is 0 Å². The summed E-state index contributed by atoms with van der Waals surface area (Å²) in [6.45, 7) is 0. The van der Waals surface area contributed by atoms with E-state index in [1.54, 1.807) is 0 Å². The van der Waals surface area contributed by atoms with Crippen LogP contribution in [-0.2, 0) is 0 Å². The third-order valence-corrected chi connectivity index (χ3v) is 1.99. The molecule has 2 rings (SSSR count). The minimum Gasteiger partial charge on any atom is -0.0836 e. The van der Waals surface area contributed by atoms with Gasteiger partial charge in [-0.15, -0.1) is 0 Å². The van der Waals surface area contributed by atoms with Crippen molar-refractivity contribution in [2.45, 2.75) is 6.42 Å². The highest BCUT2D eigenvalue weighted by atomic mass is 14.1. The van der Waals surface area contributed by atoms with Crippen LogP contribution in [0.3, 0.4) is 0 Å². The molecule has 0 nitrogen and oxygen atoms in total. The monoisotopic (exact) mass is 130 g/mol. The predicted octanol–water partition coefficient (Wildman–Crippen LogP) is 2.61. The highest BCUT2D eigenvalue weighted by Crippen LogP contribution is 2.25. The molecular weight excluding hydrogens is 120 g/mol. The maximum Gasteiger partial charge on any atom is 0.00557 e. The molecule has 1 atom stereocenters. The first-order valence-corrected chi connectivity index (χ1v) is 3.68. The van der Waals surface area contributed by atoms with Crippen LogP contribution < -0.4 is 0 Å². The molecule has 0 aliphatic heterocycles. The summed E-state index contributed by atoms with van der Waals surface area (Å²) in [5.41, 5.74) is 1.45. The van der Waals surface area contributed by atoms with Crippen LogP contribution in [0.1, 0.15) is 6.42 Å². The lowest BCUT2D eigenvalue weighted by Crippen LogP contribution is -1.91. The van der Waals surface area contributed by atoms with Gasteiger partial charge in [0, 0.05) is 5.92 Å². The molecule has 0 spiro atoms. The van der Waals surface area contributed by atoms with Gasteiger partial charge in [-0.3, -0.25) is 0 Å². The molecule has 50 valence electrons. The first-order valence-electron chi connectivity index (χ1n) is 3.68. The van der Waals surface area contributed by atoms with E-state index in [2.05, 4.69) is 42.5 Å². The van der Waals surface area contributed by atoms with Crippen LogP contribution in [0, 0.1) is 5.92 Å². The third-order valence-electron chi connectivity index (χ3n) is 1.99. The largest absolute Gasteiger partial charge is 0.0836 e. The number of fused-ring (bicyclic) bond motifs is 1. The van der Waals surface area contributed by atoms with Crippen molar-refractivity contribution in [1.82, 2.24) is 0 Å². The fraction of sp³-hybridized carbons (Fsp3) is 0.200. The Labute approximate surface area is 61.3 Å². The highest BCUT2D eigenvalue weighted by molar-refractivity contribution is 5.38. The second-order valence-corrected chi connectivity index (χ2v) is 2.68. The molecule has 2 aliphatic carbocycles. The van der Waals surface area contributed by atoms with Gasteiger partial charge in [-0.1, -0.05) is 42.5 Å². The average molecular weight is 130 g/mol. The summed E-state index contributed by atoms with van der Waals surface area (Å²) in [5, 5.41) is 0. The van der Waals surface area contributed by atoms with Gasteiger partial charge >= 0.3 is 0 Å². The molecule has 0 heterocycles. The fourth-order valence-corrected chi connectivity index (χ4v) is 1.40. The van der Waals surface area contributed by atoms with Crippen LogP contribution in [0.25, 0.3) is 0 Å². The molecule has 0 amide bonds. The lowest BCUT2D eigenvalue weighted by atomic mass is 10.0. The molecule has 0 saturated carbocycles. The van der Waals surface area contributed by atoms with Crippen molar-refractivity contribution in [2.75, 3.05) is 0 Å². The Morgan fingerprint density at radius 3 is 3.20 bits per heavy atom. The van der Waals surface area contributed by atoms with Gasteiger partial charge in [0.15, 0.2) is 0 Å². The molecule has 0 aromatic carbocycles. The fourth-order valence-electron chi connectivity index (χ4n) is 1.40. The van der Waals surface area contributed by atoms with Gasteiger partial charge < -0.3 is 0 Å². The number of rotatable bonds is 0. The van der Waals surface area contributed by atoms with E-state index in [9.17, 15) is 0 Å². The average Bonchev–Trinajstić information content (AvgIpc) is 2.28. The van der Waals surface area contributed by atoms with Crippen molar-refractivity contribution >= 4 is 0 Å². The quantitative estimate of drug-likeness (QED) is 0.473. The standard InChI is InChI=1S/C10H10/c1-2-5-9-7-4-8-10(9)6-3-1/h1-5,7-8,10H,6H2. The van der Waals surface area contributed by atoms with Crippen LogP contribution in [0.15, 0.2) is 48.1 Å². The lowest BCUT2D eigenvalue weighted by Gasteiger charge is -2.04. The van der Waals surface area contributed by atoms with E-state index in [1.807, 2.05) is 0 Å². The maximum absolute atomic E-state index is 2.26. The molecule has 2 aliphatic rings. The molecule has 0 fully saturated rings. The van der Waals surface area contributed by atoms with Crippen LogP contribution in [0.5, 0.6) is 0 Å². The minimum atomic E-state index is 0.662. The Kier molecular flexibility index (Phi) is 1.31. The topological polar surface area (TPSA) is 0 Å². The van der Waals surface area contributed by atoms with Gasteiger partial charge in [-0.25, -0.2) is 0 Å². The van der Waals surface area contributed by atoms with Gasteiger partial charge in [0.25, 0.3) is 0 Å². The highest BCUT2D eigenvalue weighted by Gasteiger charge is 2.10. The second kappa shape index (κ2) is 2.30. The molecule has 10 heavy (non-hydrogen) atoms. The Balaban J connectivity index is 2.30. The van der Waals surface area contributed by atoms with Gasteiger partial charge in [-0.05, 0) is 12.0 Å². The molecule has 0 aromatic rings. The van der Waals surface area contributed by atoms with E-state index < -0.39 is 0 Å². The van der Waals surface area contributed by atoms with Gasteiger partial charge in [0.1, 0.15) is 0 Å². The van der Waals surface area contributed by atoms with Crippen molar-refractivity contribution in [2.24, 2.45) is 5.92 Å². The molecule has 0 N–H and O–H groups in total. The van der Waals surface area contributed by atoms with E-state index in [1.165, 1.54) is 5.57 Å². The summed E-state index contributed by atoms with van der Waals surface area (Å²) in [7, 11) is 0. The molecule has 0 saturated heterocycles. The third kappa shape index (κ3) is 0.860. The maximum atomic E-state index is 2.26. The van der Waals surface area contributed by atoms with Crippen molar-refractivity contribution in [3.63, 3.8) is 0 Å². The van der Waals surface area contributed by atoms with Crippen LogP contribution in [0.4, 0.5) is 0 Å². The summed E-state index contributed by atoms with van der Waals surface area (Å²) in [6, 6.07) is 0. The zero-order valence-electron chi connectivity index (χ0n) is 5.83. The minimum absolute atomic E-state index is 0.662. The van der Waals surface area contributed by atoms with Crippen molar-refractivity contribution in [3.05, 3.63) is 48.1 Å².